The summed E-state index contributed by atoms with van der Waals surface area (Å²) in [5.74, 6) is 1.03. The predicted molar refractivity (Wildman–Crippen MR) is 103 cm³/mol. The second-order valence-corrected chi connectivity index (χ2v) is 8.19. The Kier molecular flexibility index (Phi) is 7.51. The summed E-state index contributed by atoms with van der Waals surface area (Å²) in [7, 11) is 6.60. The van der Waals surface area contributed by atoms with Gasteiger partial charge in [0.05, 0.1) is 12.0 Å². The fraction of sp³-hybridized carbons (Fsp3) is 0.333. The first-order valence-corrected chi connectivity index (χ1v) is 9.59. The van der Waals surface area contributed by atoms with Gasteiger partial charge in [-0.2, -0.15) is 0 Å². The van der Waals surface area contributed by atoms with Crippen LogP contribution in [0.25, 0.3) is 0 Å². The molecule has 1 atom stereocenters. The molecule has 4 nitrogen and oxygen atoms in total. The van der Waals surface area contributed by atoms with E-state index >= 15 is 0 Å². The second-order valence-electron chi connectivity index (χ2n) is 6.18. The van der Waals surface area contributed by atoms with E-state index in [1.165, 1.54) is 6.26 Å². The fourth-order valence-electron chi connectivity index (χ4n) is 2.09. The molecule has 130 valence electrons. The summed E-state index contributed by atoms with van der Waals surface area (Å²) in [4.78, 5) is 2.35. The number of nitrogens with zero attached hydrogens (tertiary/aromatic N) is 1. The number of hydrogen-bond acceptors (Lipinski definition) is 4. The number of sulfone groups is 1. The lowest BCUT2D eigenvalue weighted by molar-refractivity contribution is 0.414. The van der Waals surface area contributed by atoms with Crippen molar-refractivity contribution in [2.45, 2.75) is 10.7 Å². The van der Waals surface area contributed by atoms with Gasteiger partial charge in [0.15, 0.2) is 9.84 Å². The SMILES string of the molecule is BC(c1ccc(OC)cc1)c1ccc(S(C)(=O)=O)cc1.CN(C)C. The van der Waals surface area contributed by atoms with Crippen molar-refractivity contribution >= 4 is 17.7 Å². The van der Waals surface area contributed by atoms with Crippen molar-refractivity contribution < 1.29 is 13.2 Å². The summed E-state index contributed by atoms with van der Waals surface area (Å²) in [5, 5.41) is 0. The Labute approximate surface area is 146 Å². The van der Waals surface area contributed by atoms with Gasteiger partial charge >= 0.3 is 0 Å². The van der Waals surface area contributed by atoms with Crippen LogP contribution in [0.3, 0.4) is 0 Å². The van der Waals surface area contributed by atoms with Crippen LogP contribution in [0.2, 0.25) is 0 Å². The summed E-state index contributed by atoms with van der Waals surface area (Å²) < 4.78 is 28.0. The van der Waals surface area contributed by atoms with Crippen molar-refractivity contribution in [1.82, 2.24) is 4.90 Å². The van der Waals surface area contributed by atoms with Crippen molar-refractivity contribution in [3.05, 3.63) is 59.7 Å². The van der Waals surface area contributed by atoms with Gasteiger partial charge in [-0.15, -0.1) is 0 Å². The van der Waals surface area contributed by atoms with Crippen LogP contribution < -0.4 is 4.74 Å². The van der Waals surface area contributed by atoms with Gasteiger partial charge in [-0.25, -0.2) is 8.42 Å². The minimum atomic E-state index is -3.14. The van der Waals surface area contributed by atoms with Gasteiger partial charge in [-0.05, 0) is 62.4 Å². The predicted octanol–water partition coefficient (Wildman–Crippen LogP) is 2.00. The molecule has 0 spiro atoms. The van der Waals surface area contributed by atoms with Crippen molar-refractivity contribution in [3.8, 4) is 5.75 Å². The minimum absolute atomic E-state index is 0.203. The number of methoxy groups -OCH3 is 1. The largest absolute Gasteiger partial charge is 0.497 e. The molecule has 0 N–H and O–H groups in total. The lowest BCUT2D eigenvalue weighted by Gasteiger charge is -2.13. The summed E-state index contributed by atoms with van der Waals surface area (Å²) in [6, 6.07) is 14.9. The van der Waals surface area contributed by atoms with Crippen LogP contribution in [-0.2, 0) is 9.84 Å². The zero-order valence-electron chi connectivity index (χ0n) is 15.3. The lowest BCUT2D eigenvalue weighted by atomic mass is 9.76. The molecule has 0 saturated carbocycles. The van der Waals surface area contributed by atoms with Crippen LogP contribution in [0, 0.1) is 0 Å². The maximum atomic E-state index is 11.4. The van der Waals surface area contributed by atoms with E-state index in [4.69, 9.17) is 4.74 Å². The van der Waals surface area contributed by atoms with Crippen molar-refractivity contribution in [1.29, 1.82) is 0 Å². The van der Waals surface area contributed by atoms with Crippen LogP contribution in [0.5, 0.6) is 5.75 Å². The third kappa shape index (κ3) is 6.38. The van der Waals surface area contributed by atoms with Crippen molar-refractivity contribution in [2.75, 3.05) is 34.5 Å². The maximum Gasteiger partial charge on any atom is 0.175 e. The van der Waals surface area contributed by atoms with E-state index in [1.807, 2.05) is 62.4 Å². The average Bonchev–Trinajstić information content (AvgIpc) is 2.53. The van der Waals surface area contributed by atoms with Crippen LogP contribution in [0.1, 0.15) is 16.9 Å². The molecule has 1 unspecified atom stereocenters. The molecule has 2 aromatic carbocycles. The van der Waals surface area contributed by atoms with E-state index in [1.54, 1.807) is 19.2 Å². The van der Waals surface area contributed by atoms with Crippen LogP contribution in [-0.4, -0.2) is 55.7 Å². The van der Waals surface area contributed by atoms with Gasteiger partial charge in [0, 0.05) is 6.26 Å². The Hall–Kier alpha value is -1.79. The monoisotopic (exact) mass is 347 g/mol. The molecule has 2 rings (SSSR count). The number of rotatable bonds is 4. The molecule has 24 heavy (non-hydrogen) atoms. The van der Waals surface area contributed by atoms with Gasteiger partial charge in [0.25, 0.3) is 0 Å². The average molecular weight is 347 g/mol. The highest BCUT2D eigenvalue weighted by Gasteiger charge is 2.11. The molecule has 0 aliphatic heterocycles. The molecule has 0 heterocycles. The van der Waals surface area contributed by atoms with Crippen molar-refractivity contribution in [2.24, 2.45) is 0 Å². The van der Waals surface area contributed by atoms with E-state index in [0.29, 0.717) is 4.90 Å². The van der Waals surface area contributed by atoms with E-state index < -0.39 is 9.84 Å². The Balaban J connectivity index is 0.000000648. The van der Waals surface area contributed by atoms with E-state index in [-0.39, 0.29) is 5.82 Å². The molecule has 0 radical (unpaired) electrons. The topological polar surface area (TPSA) is 46.6 Å². The zero-order chi connectivity index (χ0) is 18.3. The normalized spacial score (nSPS) is 12.2. The molecule has 0 aliphatic carbocycles. The first-order valence-electron chi connectivity index (χ1n) is 7.70. The molecule has 0 amide bonds. The summed E-state index contributed by atoms with van der Waals surface area (Å²) in [6.07, 6.45) is 1.22. The van der Waals surface area contributed by atoms with Gasteiger partial charge in [0.1, 0.15) is 13.6 Å². The molecular weight excluding hydrogens is 321 g/mol. The van der Waals surface area contributed by atoms with Crippen LogP contribution in [0.15, 0.2) is 53.4 Å². The van der Waals surface area contributed by atoms with Crippen molar-refractivity contribution in [3.63, 3.8) is 0 Å². The Morgan fingerprint density at radius 1 is 0.917 bits per heavy atom. The fourth-order valence-corrected chi connectivity index (χ4v) is 2.72. The molecule has 6 heteroatoms. The van der Waals surface area contributed by atoms with E-state index in [9.17, 15) is 8.42 Å². The van der Waals surface area contributed by atoms with Crippen LogP contribution >= 0.6 is 0 Å². The van der Waals surface area contributed by atoms with Gasteiger partial charge in [-0.3, -0.25) is 0 Å². The molecular formula is C18H26BNO3S. The summed E-state index contributed by atoms with van der Waals surface area (Å²) in [5.41, 5.74) is 2.25. The van der Waals surface area contributed by atoms with Gasteiger partial charge < -0.3 is 9.64 Å². The molecule has 0 saturated heterocycles. The smallest absolute Gasteiger partial charge is 0.175 e. The Morgan fingerprint density at radius 2 is 1.29 bits per heavy atom. The molecule has 0 bridgehead atoms. The number of benzene rings is 2. The zero-order valence-corrected chi connectivity index (χ0v) is 16.1. The van der Waals surface area contributed by atoms with E-state index in [2.05, 4.69) is 7.85 Å². The third-order valence-electron chi connectivity index (χ3n) is 3.42. The molecule has 2 aromatic rings. The Morgan fingerprint density at radius 3 is 1.62 bits per heavy atom. The van der Waals surface area contributed by atoms with Crippen LogP contribution in [0.4, 0.5) is 0 Å². The van der Waals surface area contributed by atoms with Gasteiger partial charge in [-0.1, -0.05) is 24.3 Å². The first kappa shape index (κ1) is 20.3. The summed E-state index contributed by atoms with van der Waals surface area (Å²) in [6.45, 7) is 0. The minimum Gasteiger partial charge on any atom is -0.497 e. The highest BCUT2D eigenvalue weighted by molar-refractivity contribution is 7.90. The van der Waals surface area contributed by atoms with E-state index in [0.717, 1.165) is 16.9 Å². The number of ether oxygens (including phenoxy) is 1. The highest BCUT2D eigenvalue weighted by Crippen LogP contribution is 2.24. The molecule has 0 fully saturated rings. The highest BCUT2D eigenvalue weighted by atomic mass is 32.2. The first-order chi connectivity index (χ1) is 11.1. The third-order valence-corrected chi connectivity index (χ3v) is 4.55. The molecule has 0 aromatic heterocycles. The quantitative estimate of drug-likeness (QED) is 0.794. The standard InChI is InChI=1S/C15H17BO3S.C3H9N/c1-19-13-7-3-11(4-8-13)15(16)12-5-9-14(10-6-12)20(2,17)18;1-4(2)3/h3-10,15H,16H2,1-2H3;1-3H3. The second kappa shape index (κ2) is 8.90. The summed E-state index contributed by atoms with van der Waals surface area (Å²) >= 11 is 0. The number of hydrogen-bond donors (Lipinski definition) is 0. The maximum absolute atomic E-state index is 11.4. The lowest BCUT2D eigenvalue weighted by Crippen LogP contribution is -2.02. The Bertz CT molecular complexity index is 723. The molecule has 0 aliphatic rings. The van der Waals surface area contributed by atoms with Gasteiger partial charge in [0.2, 0.25) is 0 Å².